The lowest BCUT2D eigenvalue weighted by molar-refractivity contribution is -0.384. The van der Waals surface area contributed by atoms with Gasteiger partial charge in [-0.25, -0.2) is 0 Å². The third-order valence-corrected chi connectivity index (χ3v) is 4.25. The first kappa shape index (κ1) is 15.0. The van der Waals surface area contributed by atoms with Gasteiger partial charge in [0.2, 0.25) is 0 Å². The molecule has 0 fully saturated rings. The van der Waals surface area contributed by atoms with Gasteiger partial charge in [-0.05, 0) is 29.8 Å². The summed E-state index contributed by atoms with van der Waals surface area (Å²) in [5.41, 5.74) is 3.62. The maximum Gasteiger partial charge on any atom is 0.269 e. The molecule has 0 aliphatic carbocycles. The lowest BCUT2D eigenvalue weighted by atomic mass is 10.0. The molecule has 6 nitrogen and oxygen atoms in total. The predicted octanol–water partition coefficient (Wildman–Crippen LogP) is 3.74. The number of ketones is 1. The van der Waals surface area contributed by atoms with Crippen LogP contribution in [0.25, 0.3) is 0 Å². The van der Waals surface area contributed by atoms with Crippen LogP contribution in [0.1, 0.15) is 27.2 Å². The van der Waals surface area contributed by atoms with Gasteiger partial charge in [0.1, 0.15) is 0 Å². The third kappa shape index (κ3) is 2.63. The molecule has 122 valence electrons. The minimum Gasteiger partial charge on any atom is -0.342 e. The molecule has 0 saturated heterocycles. The number of rotatable bonds is 3. The number of nitrogens with zero attached hydrogens (tertiary/aromatic N) is 3. The van der Waals surface area contributed by atoms with Gasteiger partial charge in [-0.3, -0.25) is 19.9 Å². The van der Waals surface area contributed by atoms with Crippen LogP contribution in [0.5, 0.6) is 0 Å². The maximum atomic E-state index is 12.8. The summed E-state index contributed by atoms with van der Waals surface area (Å²) in [5, 5.41) is 10.7. The van der Waals surface area contributed by atoms with Crippen LogP contribution in [0.3, 0.4) is 0 Å². The SMILES string of the molecule is O=C(c1ccc([N+](=O)[O-])cc1)c1ccn2c1C=Nc1ccccc1C2. The summed E-state index contributed by atoms with van der Waals surface area (Å²) in [6, 6.07) is 15.2. The zero-order valence-corrected chi connectivity index (χ0v) is 13.1. The fourth-order valence-electron chi connectivity index (χ4n) is 2.93. The number of nitro benzene ring substituents is 1. The van der Waals surface area contributed by atoms with Gasteiger partial charge >= 0.3 is 0 Å². The van der Waals surface area contributed by atoms with E-state index in [0.717, 1.165) is 16.9 Å². The highest BCUT2D eigenvalue weighted by molar-refractivity contribution is 6.13. The highest BCUT2D eigenvalue weighted by Crippen LogP contribution is 2.26. The smallest absolute Gasteiger partial charge is 0.269 e. The molecule has 0 saturated carbocycles. The molecular weight excluding hydrogens is 318 g/mol. The van der Waals surface area contributed by atoms with Crippen molar-refractivity contribution in [2.75, 3.05) is 0 Å². The van der Waals surface area contributed by atoms with Crippen LogP contribution in [-0.4, -0.2) is 21.5 Å². The fourth-order valence-corrected chi connectivity index (χ4v) is 2.93. The number of aromatic nitrogens is 1. The Balaban J connectivity index is 1.71. The molecular formula is C19H13N3O3. The average molecular weight is 331 g/mol. The third-order valence-electron chi connectivity index (χ3n) is 4.25. The van der Waals surface area contributed by atoms with E-state index in [1.54, 1.807) is 12.3 Å². The van der Waals surface area contributed by atoms with Gasteiger partial charge in [-0.2, -0.15) is 0 Å². The summed E-state index contributed by atoms with van der Waals surface area (Å²) in [6.07, 6.45) is 3.56. The highest BCUT2D eigenvalue weighted by atomic mass is 16.6. The number of aliphatic imine (C=N–C) groups is 1. The summed E-state index contributed by atoms with van der Waals surface area (Å²) >= 11 is 0. The first-order chi connectivity index (χ1) is 12.1. The molecule has 0 amide bonds. The number of hydrogen-bond acceptors (Lipinski definition) is 4. The Morgan fingerprint density at radius 2 is 1.84 bits per heavy atom. The van der Waals surface area contributed by atoms with Crippen molar-refractivity contribution >= 4 is 23.4 Å². The standard InChI is InChI=1S/C19H13N3O3/c23-19(13-5-7-15(8-6-13)22(24)25)16-9-10-21-12-14-3-1-2-4-17(14)20-11-18(16)21/h1-11H,12H2. The van der Waals surface area contributed by atoms with Gasteiger partial charge in [0.05, 0.1) is 22.5 Å². The predicted molar refractivity (Wildman–Crippen MR) is 93.8 cm³/mol. The zero-order valence-electron chi connectivity index (χ0n) is 13.1. The molecule has 2 heterocycles. The van der Waals surface area contributed by atoms with Gasteiger partial charge in [0.15, 0.2) is 5.78 Å². The van der Waals surface area contributed by atoms with E-state index in [-0.39, 0.29) is 11.5 Å². The molecule has 0 unspecified atom stereocenters. The van der Waals surface area contributed by atoms with Gasteiger partial charge in [-0.1, -0.05) is 18.2 Å². The van der Waals surface area contributed by atoms with Gasteiger partial charge in [-0.15, -0.1) is 0 Å². The van der Waals surface area contributed by atoms with Gasteiger partial charge in [0.25, 0.3) is 5.69 Å². The largest absolute Gasteiger partial charge is 0.342 e. The Labute approximate surface area is 143 Å². The van der Waals surface area contributed by atoms with Crippen molar-refractivity contribution in [1.82, 2.24) is 4.57 Å². The molecule has 6 heteroatoms. The van der Waals surface area contributed by atoms with Crippen molar-refractivity contribution in [2.24, 2.45) is 4.99 Å². The molecule has 0 atom stereocenters. The topological polar surface area (TPSA) is 77.5 Å². The minimum atomic E-state index is -0.484. The molecule has 3 aromatic rings. The van der Waals surface area contributed by atoms with Crippen LogP contribution < -0.4 is 0 Å². The second-order valence-corrected chi connectivity index (χ2v) is 5.76. The molecule has 2 aromatic carbocycles. The minimum absolute atomic E-state index is 0.0377. The zero-order chi connectivity index (χ0) is 17.4. The molecule has 4 rings (SSSR count). The number of hydrogen-bond donors (Lipinski definition) is 0. The summed E-state index contributed by atoms with van der Waals surface area (Å²) < 4.78 is 1.98. The fraction of sp³-hybridized carbons (Fsp3) is 0.0526. The van der Waals surface area contributed by atoms with Crippen LogP contribution in [0.4, 0.5) is 11.4 Å². The normalized spacial score (nSPS) is 12.2. The van der Waals surface area contributed by atoms with Crippen LogP contribution in [0, 0.1) is 10.1 Å². The van der Waals surface area contributed by atoms with Gasteiger partial charge < -0.3 is 4.57 Å². The Morgan fingerprint density at radius 3 is 2.60 bits per heavy atom. The summed E-state index contributed by atoms with van der Waals surface area (Å²) in [7, 11) is 0. The van der Waals surface area contributed by atoms with Crippen LogP contribution >= 0.6 is 0 Å². The number of benzene rings is 2. The second-order valence-electron chi connectivity index (χ2n) is 5.76. The van der Waals surface area contributed by atoms with Gasteiger partial charge in [0, 0.05) is 36.0 Å². The van der Waals surface area contributed by atoms with E-state index in [2.05, 4.69) is 4.99 Å². The maximum absolute atomic E-state index is 12.8. The number of carbonyl (C=O) groups is 1. The average Bonchev–Trinajstić information content (AvgIpc) is 2.93. The Morgan fingerprint density at radius 1 is 1.08 bits per heavy atom. The van der Waals surface area contributed by atoms with E-state index in [9.17, 15) is 14.9 Å². The van der Waals surface area contributed by atoms with E-state index >= 15 is 0 Å². The first-order valence-electron chi connectivity index (χ1n) is 7.74. The summed E-state index contributed by atoms with van der Waals surface area (Å²) in [4.78, 5) is 27.6. The van der Waals surface area contributed by atoms with Crippen molar-refractivity contribution in [3.05, 3.63) is 93.3 Å². The lowest BCUT2D eigenvalue weighted by Crippen LogP contribution is -2.07. The van der Waals surface area contributed by atoms with E-state index in [1.165, 1.54) is 24.3 Å². The first-order valence-corrected chi connectivity index (χ1v) is 7.74. The Hall–Kier alpha value is -3.54. The lowest BCUT2D eigenvalue weighted by Gasteiger charge is -2.06. The molecule has 0 radical (unpaired) electrons. The highest BCUT2D eigenvalue weighted by Gasteiger charge is 2.19. The van der Waals surface area contributed by atoms with E-state index in [0.29, 0.717) is 17.7 Å². The Kier molecular flexibility index (Phi) is 3.50. The number of fused-ring (bicyclic) bond motifs is 2. The second kappa shape index (κ2) is 5.83. The molecule has 0 bridgehead atoms. The van der Waals surface area contributed by atoms with Crippen molar-refractivity contribution in [1.29, 1.82) is 0 Å². The van der Waals surface area contributed by atoms with Crippen molar-refractivity contribution in [3.8, 4) is 0 Å². The van der Waals surface area contributed by atoms with Crippen molar-refractivity contribution in [3.63, 3.8) is 0 Å². The van der Waals surface area contributed by atoms with E-state index in [4.69, 9.17) is 0 Å². The summed E-state index contributed by atoms with van der Waals surface area (Å²) in [6.45, 7) is 0.638. The Bertz CT molecular complexity index is 1020. The summed E-state index contributed by atoms with van der Waals surface area (Å²) in [5.74, 6) is -0.180. The van der Waals surface area contributed by atoms with Crippen LogP contribution in [0.2, 0.25) is 0 Å². The molecule has 1 aliphatic heterocycles. The molecule has 0 spiro atoms. The number of non-ortho nitro benzene ring substituents is 1. The van der Waals surface area contributed by atoms with Crippen LogP contribution in [-0.2, 0) is 6.54 Å². The number of nitro groups is 1. The molecule has 1 aliphatic rings. The van der Waals surface area contributed by atoms with E-state index < -0.39 is 4.92 Å². The molecule has 25 heavy (non-hydrogen) atoms. The van der Waals surface area contributed by atoms with Crippen molar-refractivity contribution in [2.45, 2.75) is 6.54 Å². The monoisotopic (exact) mass is 331 g/mol. The quantitative estimate of drug-likeness (QED) is 0.326. The van der Waals surface area contributed by atoms with E-state index in [1.807, 2.05) is 35.0 Å². The number of para-hydroxylation sites is 1. The van der Waals surface area contributed by atoms with Crippen LogP contribution in [0.15, 0.2) is 65.8 Å². The molecule has 0 N–H and O–H groups in total. The van der Waals surface area contributed by atoms with Crippen molar-refractivity contribution < 1.29 is 9.72 Å². The number of carbonyl (C=O) groups excluding carboxylic acids is 1. The molecule has 1 aromatic heterocycles.